The fourth-order valence-electron chi connectivity index (χ4n) is 2.47. The second-order valence-electron chi connectivity index (χ2n) is 5.42. The molecule has 2 rings (SSSR count). The monoisotopic (exact) mass is 244 g/mol. The van der Waals surface area contributed by atoms with Gasteiger partial charge in [0.2, 0.25) is 0 Å². The van der Waals surface area contributed by atoms with E-state index in [1.807, 2.05) is 0 Å². The molecule has 3 nitrogen and oxygen atoms in total. The van der Waals surface area contributed by atoms with Gasteiger partial charge in [-0.1, -0.05) is 13.8 Å². The summed E-state index contributed by atoms with van der Waals surface area (Å²) in [7, 11) is 0. The van der Waals surface area contributed by atoms with Crippen LogP contribution in [0, 0.1) is 0 Å². The topological polar surface area (TPSA) is 24.5 Å². The Bertz CT molecular complexity index is 223. The first-order chi connectivity index (χ1) is 7.57. The molecule has 2 atom stereocenters. The molecule has 0 aliphatic carbocycles. The van der Waals surface area contributed by atoms with Crippen LogP contribution < -0.4 is 5.32 Å². The number of nitrogens with one attached hydrogen (secondary N) is 1. The molecule has 4 heteroatoms. The van der Waals surface area contributed by atoms with Crippen molar-refractivity contribution in [3.8, 4) is 0 Å². The molecular formula is C12H24N2OS. The van der Waals surface area contributed by atoms with E-state index in [1.165, 1.54) is 13.1 Å². The summed E-state index contributed by atoms with van der Waals surface area (Å²) in [4.78, 5) is 2.54. The van der Waals surface area contributed by atoms with Crippen LogP contribution in [0.2, 0.25) is 0 Å². The molecule has 16 heavy (non-hydrogen) atoms. The number of ether oxygens (including phenoxy) is 1. The van der Waals surface area contributed by atoms with Crippen molar-refractivity contribution in [3.05, 3.63) is 0 Å². The Morgan fingerprint density at radius 3 is 2.44 bits per heavy atom. The van der Waals surface area contributed by atoms with Gasteiger partial charge in [-0.2, -0.15) is 11.8 Å². The molecule has 2 aliphatic heterocycles. The van der Waals surface area contributed by atoms with Crippen LogP contribution in [-0.2, 0) is 4.74 Å². The van der Waals surface area contributed by atoms with Crippen molar-refractivity contribution in [2.24, 2.45) is 0 Å². The Morgan fingerprint density at radius 1 is 1.31 bits per heavy atom. The lowest BCUT2D eigenvalue weighted by molar-refractivity contribution is -0.0721. The first-order valence-corrected chi connectivity index (χ1v) is 7.24. The lowest BCUT2D eigenvalue weighted by Gasteiger charge is -2.40. The quantitative estimate of drug-likeness (QED) is 0.803. The third kappa shape index (κ3) is 3.36. The highest BCUT2D eigenvalue weighted by molar-refractivity contribution is 8.00. The van der Waals surface area contributed by atoms with Crippen LogP contribution in [0.4, 0.5) is 0 Å². The third-order valence-corrected chi connectivity index (χ3v) is 4.58. The average Bonchev–Trinajstić information content (AvgIpc) is 2.13. The van der Waals surface area contributed by atoms with Gasteiger partial charge in [0.1, 0.15) is 0 Å². The van der Waals surface area contributed by atoms with Crippen LogP contribution in [0.1, 0.15) is 20.8 Å². The Balaban J connectivity index is 1.65. The predicted octanol–water partition coefficient (Wildman–Crippen LogP) is 1.19. The number of thioether (sulfide) groups is 1. The summed E-state index contributed by atoms with van der Waals surface area (Å²) >= 11 is 2.11. The normalized spacial score (nSPS) is 34.7. The minimum atomic E-state index is 0.113. The predicted molar refractivity (Wildman–Crippen MR) is 70.2 cm³/mol. The van der Waals surface area contributed by atoms with Gasteiger partial charge in [-0.15, -0.1) is 0 Å². The summed E-state index contributed by atoms with van der Waals surface area (Å²) < 4.78 is 5.93. The highest BCUT2D eigenvalue weighted by Gasteiger charge is 2.32. The van der Waals surface area contributed by atoms with Gasteiger partial charge in [0, 0.05) is 43.2 Å². The molecule has 94 valence electrons. The zero-order chi connectivity index (χ0) is 11.6. The van der Waals surface area contributed by atoms with Gasteiger partial charge in [-0.3, -0.25) is 4.90 Å². The SMILES string of the molecule is CC1CN(CCOC2(C)CNC2)CC(C)S1. The van der Waals surface area contributed by atoms with Crippen molar-refractivity contribution in [3.63, 3.8) is 0 Å². The number of nitrogens with zero attached hydrogens (tertiary/aromatic N) is 1. The smallest absolute Gasteiger partial charge is 0.0902 e. The summed E-state index contributed by atoms with van der Waals surface area (Å²) in [5.41, 5.74) is 0.113. The third-order valence-electron chi connectivity index (χ3n) is 3.35. The fourth-order valence-corrected chi connectivity index (χ4v) is 3.85. The molecule has 0 radical (unpaired) electrons. The molecule has 0 spiro atoms. The first kappa shape index (κ1) is 12.7. The van der Waals surface area contributed by atoms with E-state index in [0.29, 0.717) is 0 Å². The largest absolute Gasteiger partial charge is 0.371 e. The zero-order valence-corrected chi connectivity index (χ0v) is 11.5. The molecule has 0 saturated carbocycles. The van der Waals surface area contributed by atoms with Crippen LogP contribution in [-0.4, -0.2) is 60.3 Å². The molecule has 2 unspecified atom stereocenters. The summed E-state index contributed by atoms with van der Waals surface area (Å²) in [5.74, 6) is 0. The van der Waals surface area contributed by atoms with Crippen molar-refractivity contribution >= 4 is 11.8 Å². The Kier molecular flexibility index (Phi) is 4.16. The van der Waals surface area contributed by atoms with E-state index >= 15 is 0 Å². The van der Waals surface area contributed by atoms with Crippen LogP contribution >= 0.6 is 11.8 Å². The molecular weight excluding hydrogens is 220 g/mol. The standard InChI is InChI=1S/C12H24N2OS/c1-10-6-14(7-11(2)16-10)4-5-15-12(3)8-13-9-12/h10-11,13H,4-9H2,1-3H3. The molecule has 2 saturated heterocycles. The molecule has 0 amide bonds. The van der Waals surface area contributed by atoms with Gasteiger partial charge < -0.3 is 10.1 Å². The van der Waals surface area contributed by atoms with Gasteiger partial charge in [-0.25, -0.2) is 0 Å². The number of hydrogen-bond donors (Lipinski definition) is 1. The van der Waals surface area contributed by atoms with Gasteiger partial charge >= 0.3 is 0 Å². The highest BCUT2D eigenvalue weighted by atomic mass is 32.2. The van der Waals surface area contributed by atoms with Gasteiger partial charge in [-0.05, 0) is 6.92 Å². The molecule has 0 bridgehead atoms. The van der Waals surface area contributed by atoms with Gasteiger partial charge in [0.15, 0.2) is 0 Å². The molecule has 2 aliphatic rings. The Labute approximate surface area is 103 Å². The van der Waals surface area contributed by atoms with E-state index in [9.17, 15) is 0 Å². The summed E-state index contributed by atoms with van der Waals surface area (Å²) in [6.07, 6.45) is 0. The average molecular weight is 244 g/mol. The second kappa shape index (κ2) is 5.25. The lowest BCUT2D eigenvalue weighted by atomic mass is 10.0. The van der Waals surface area contributed by atoms with Crippen molar-refractivity contribution in [2.75, 3.05) is 39.3 Å². The van der Waals surface area contributed by atoms with E-state index in [0.717, 1.165) is 36.7 Å². The van der Waals surface area contributed by atoms with E-state index in [1.54, 1.807) is 0 Å². The lowest BCUT2D eigenvalue weighted by Crippen LogP contribution is -2.59. The minimum absolute atomic E-state index is 0.113. The summed E-state index contributed by atoms with van der Waals surface area (Å²) in [6, 6.07) is 0. The van der Waals surface area contributed by atoms with E-state index in [-0.39, 0.29) is 5.60 Å². The van der Waals surface area contributed by atoms with E-state index < -0.39 is 0 Å². The van der Waals surface area contributed by atoms with Crippen molar-refractivity contribution in [2.45, 2.75) is 36.9 Å². The number of hydrogen-bond acceptors (Lipinski definition) is 4. The second-order valence-corrected chi connectivity index (χ2v) is 7.30. The summed E-state index contributed by atoms with van der Waals surface area (Å²) in [5, 5.41) is 4.80. The Hall–Kier alpha value is 0.230. The molecule has 0 aromatic heterocycles. The molecule has 1 N–H and O–H groups in total. The maximum atomic E-state index is 5.93. The molecule has 2 fully saturated rings. The summed E-state index contributed by atoms with van der Waals surface area (Å²) in [6.45, 7) is 13.3. The Morgan fingerprint density at radius 2 is 1.94 bits per heavy atom. The van der Waals surface area contributed by atoms with Crippen molar-refractivity contribution in [1.29, 1.82) is 0 Å². The molecule has 0 aromatic rings. The van der Waals surface area contributed by atoms with Crippen LogP contribution in [0.25, 0.3) is 0 Å². The first-order valence-electron chi connectivity index (χ1n) is 6.30. The number of rotatable bonds is 4. The maximum absolute atomic E-state index is 5.93. The van der Waals surface area contributed by atoms with E-state index in [4.69, 9.17) is 4.74 Å². The van der Waals surface area contributed by atoms with Crippen LogP contribution in [0.5, 0.6) is 0 Å². The maximum Gasteiger partial charge on any atom is 0.0902 e. The zero-order valence-electron chi connectivity index (χ0n) is 10.7. The van der Waals surface area contributed by atoms with Gasteiger partial charge in [0.25, 0.3) is 0 Å². The molecule has 0 aromatic carbocycles. The minimum Gasteiger partial charge on any atom is -0.371 e. The van der Waals surface area contributed by atoms with E-state index in [2.05, 4.69) is 42.7 Å². The van der Waals surface area contributed by atoms with Crippen LogP contribution in [0.15, 0.2) is 0 Å². The fraction of sp³-hybridized carbons (Fsp3) is 1.00. The van der Waals surface area contributed by atoms with Gasteiger partial charge in [0.05, 0.1) is 12.2 Å². The van der Waals surface area contributed by atoms with Crippen molar-refractivity contribution < 1.29 is 4.74 Å². The molecule has 2 heterocycles. The highest BCUT2D eigenvalue weighted by Crippen LogP contribution is 2.24. The van der Waals surface area contributed by atoms with Crippen LogP contribution in [0.3, 0.4) is 0 Å². The van der Waals surface area contributed by atoms with Crippen molar-refractivity contribution in [1.82, 2.24) is 10.2 Å².